The zero-order chi connectivity index (χ0) is 19.3. The van der Waals surface area contributed by atoms with Crippen LogP contribution >= 0.6 is 24.8 Å². The minimum absolute atomic E-state index is 0. The summed E-state index contributed by atoms with van der Waals surface area (Å²) in [6.45, 7) is 3.99. The highest BCUT2D eigenvalue weighted by Gasteiger charge is 1.98. The number of benzene rings is 3. The van der Waals surface area contributed by atoms with Crippen molar-refractivity contribution in [2.75, 3.05) is 13.1 Å². The average molecular weight is 445 g/mol. The Balaban J connectivity index is 0.00000225. The van der Waals surface area contributed by atoms with E-state index in [1.807, 2.05) is 0 Å². The van der Waals surface area contributed by atoms with Crippen LogP contribution in [0, 0.1) is 0 Å². The largest absolute Gasteiger partial charge is 0.313 e. The topological polar surface area (TPSA) is 24.1 Å². The standard InChI is InChI=1S/C26H32N2.2ClH/c1-3-10-23(11-4-1)16-8-18-27-21-25-14-7-15-26(20-25)22-28-19-9-17-24-12-5-2-6-13-24;;/h1-7,10-15,20,27-28H,8-9,16-19,21-22H2;2*1H. The lowest BCUT2D eigenvalue weighted by atomic mass is 10.1. The van der Waals surface area contributed by atoms with Crippen molar-refractivity contribution in [2.45, 2.75) is 38.8 Å². The molecule has 0 aliphatic rings. The Hall–Kier alpha value is -1.84. The third-order valence-electron chi connectivity index (χ3n) is 4.97. The Bertz CT molecular complexity index is 730. The van der Waals surface area contributed by atoms with Crippen LogP contribution in [0.1, 0.15) is 35.1 Å². The van der Waals surface area contributed by atoms with Crippen LogP contribution in [0.2, 0.25) is 0 Å². The van der Waals surface area contributed by atoms with Crippen molar-refractivity contribution in [1.82, 2.24) is 10.6 Å². The summed E-state index contributed by atoms with van der Waals surface area (Å²) in [5.41, 5.74) is 5.57. The molecule has 0 saturated carbocycles. The quantitative estimate of drug-likeness (QED) is 0.336. The molecule has 0 fully saturated rings. The maximum Gasteiger partial charge on any atom is 0.0205 e. The average Bonchev–Trinajstić information content (AvgIpc) is 2.75. The SMILES string of the molecule is Cl.Cl.c1ccc(CCCNCc2cccc(CNCCCc3ccccc3)c2)cc1. The lowest BCUT2D eigenvalue weighted by Crippen LogP contribution is -2.17. The Kier molecular flexibility index (Phi) is 13.9. The van der Waals surface area contributed by atoms with Gasteiger partial charge in [-0.2, -0.15) is 0 Å². The van der Waals surface area contributed by atoms with Crippen molar-refractivity contribution < 1.29 is 0 Å². The van der Waals surface area contributed by atoms with Crippen LogP contribution in [0.4, 0.5) is 0 Å². The molecule has 0 radical (unpaired) electrons. The van der Waals surface area contributed by atoms with Crippen LogP contribution in [0.15, 0.2) is 84.9 Å². The molecule has 162 valence electrons. The molecular formula is C26H34Cl2N2. The molecule has 0 amide bonds. The fourth-order valence-corrected chi connectivity index (χ4v) is 3.44. The molecule has 0 aromatic heterocycles. The van der Waals surface area contributed by atoms with Gasteiger partial charge in [0.2, 0.25) is 0 Å². The van der Waals surface area contributed by atoms with E-state index in [4.69, 9.17) is 0 Å². The van der Waals surface area contributed by atoms with Crippen molar-refractivity contribution in [2.24, 2.45) is 0 Å². The summed E-state index contributed by atoms with van der Waals surface area (Å²) in [7, 11) is 0. The normalized spacial score (nSPS) is 10.1. The van der Waals surface area contributed by atoms with Crippen LogP contribution in [0.25, 0.3) is 0 Å². The second kappa shape index (κ2) is 15.9. The second-order valence-electron chi connectivity index (χ2n) is 7.35. The number of hydrogen-bond acceptors (Lipinski definition) is 2. The summed E-state index contributed by atoms with van der Waals surface area (Å²) in [6, 6.07) is 30.3. The summed E-state index contributed by atoms with van der Waals surface area (Å²) >= 11 is 0. The van der Waals surface area contributed by atoms with Gasteiger partial charge in [0, 0.05) is 13.1 Å². The van der Waals surface area contributed by atoms with Crippen LogP contribution in [-0.2, 0) is 25.9 Å². The first-order valence-corrected chi connectivity index (χ1v) is 10.5. The van der Waals surface area contributed by atoms with Crippen LogP contribution < -0.4 is 10.6 Å². The molecule has 0 aliphatic carbocycles. The summed E-state index contributed by atoms with van der Waals surface area (Å²) in [4.78, 5) is 0. The molecule has 0 heterocycles. The van der Waals surface area contributed by atoms with Gasteiger partial charge < -0.3 is 10.6 Å². The van der Waals surface area contributed by atoms with Crippen molar-refractivity contribution >= 4 is 24.8 Å². The molecule has 0 bridgehead atoms. The van der Waals surface area contributed by atoms with Crippen molar-refractivity contribution in [3.05, 3.63) is 107 Å². The lowest BCUT2D eigenvalue weighted by Gasteiger charge is -2.09. The minimum Gasteiger partial charge on any atom is -0.313 e. The predicted octanol–water partition coefficient (Wildman–Crippen LogP) is 5.98. The molecule has 4 heteroatoms. The van der Waals surface area contributed by atoms with Gasteiger partial charge in [-0.1, -0.05) is 84.9 Å². The number of nitrogens with one attached hydrogen (secondary N) is 2. The molecular weight excluding hydrogens is 411 g/mol. The zero-order valence-corrected chi connectivity index (χ0v) is 19.2. The van der Waals surface area contributed by atoms with E-state index in [0.29, 0.717) is 0 Å². The molecule has 3 aromatic carbocycles. The van der Waals surface area contributed by atoms with E-state index in [1.54, 1.807) is 0 Å². The minimum atomic E-state index is 0. The smallest absolute Gasteiger partial charge is 0.0205 e. The molecule has 2 nitrogen and oxygen atoms in total. The molecule has 0 unspecified atom stereocenters. The van der Waals surface area contributed by atoms with Gasteiger partial charge in [0.15, 0.2) is 0 Å². The fourth-order valence-electron chi connectivity index (χ4n) is 3.44. The number of rotatable bonds is 12. The second-order valence-corrected chi connectivity index (χ2v) is 7.35. The van der Waals surface area contributed by atoms with E-state index >= 15 is 0 Å². The maximum absolute atomic E-state index is 3.57. The van der Waals surface area contributed by atoms with Gasteiger partial charge in [0.25, 0.3) is 0 Å². The zero-order valence-electron chi connectivity index (χ0n) is 17.6. The van der Waals surface area contributed by atoms with E-state index in [9.17, 15) is 0 Å². The van der Waals surface area contributed by atoms with Gasteiger partial charge in [-0.05, 0) is 61.0 Å². The highest BCUT2D eigenvalue weighted by atomic mass is 35.5. The van der Waals surface area contributed by atoms with E-state index < -0.39 is 0 Å². The van der Waals surface area contributed by atoms with Gasteiger partial charge in [-0.25, -0.2) is 0 Å². The van der Waals surface area contributed by atoms with Gasteiger partial charge in [-0.15, -0.1) is 24.8 Å². The van der Waals surface area contributed by atoms with Crippen molar-refractivity contribution in [3.63, 3.8) is 0 Å². The van der Waals surface area contributed by atoms with Crippen LogP contribution in [0.3, 0.4) is 0 Å². The van der Waals surface area contributed by atoms with Crippen molar-refractivity contribution in [1.29, 1.82) is 0 Å². The maximum atomic E-state index is 3.57. The molecule has 2 N–H and O–H groups in total. The first-order valence-electron chi connectivity index (χ1n) is 10.5. The Morgan fingerprint density at radius 2 is 0.867 bits per heavy atom. The molecule has 3 aromatic rings. The molecule has 0 atom stereocenters. The molecule has 0 saturated heterocycles. The fraction of sp³-hybridized carbons (Fsp3) is 0.308. The summed E-state index contributed by atoms with van der Waals surface area (Å²) in [5, 5.41) is 7.15. The van der Waals surface area contributed by atoms with Gasteiger partial charge >= 0.3 is 0 Å². The Morgan fingerprint density at radius 3 is 1.30 bits per heavy atom. The summed E-state index contributed by atoms with van der Waals surface area (Å²) < 4.78 is 0. The monoisotopic (exact) mass is 444 g/mol. The van der Waals surface area contributed by atoms with E-state index in [0.717, 1.165) is 39.0 Å². The van der Waals surface area contributed by atoms with Crippen LogP contribution in [-0.4, -0.2) is 13.1 Å². The molecule has 30 heavy (non-hydrogen) atoms. The van der Waals surface area contributed by atoms with Gasteiger partial charge in [0.05, 0.1) is 0 Å². The predicted molar refractivity (Wildman–Crippen MR) is 134 cm³/mol. The summed E-state index contributed by atoms with van der Waals surface area (Å²) in [6.07, 6.45) is 4.63. The molecule has 3 rings (SSSR count). The highest BCUT2D eigenvalue weighted by molar-refractivity contribution is 5.85. The van der Waals surface area contributed by atoms with E-state index in [1.165, 1.54) is 35.1 Å². The van der Waals surface area contributed by atoms with Gasteiger partial charge in [-0.3, -0.25) is 0 Å². The summed E-state index contributed by atoms with van der Waals surface area (Å²) in [5.74, 6) is 0. The third kappa shape index (κ3) is 10.3. The molecule has 0 aliphatic heterocycles. The first-order chi connectivity index (χ1) is 13.9. The third-order valence-corrected chi connectivity index (χ3v) is 4.97. The number of hydrogen-bond donors (Lipinski definition) is 2. The van der Waals surface area contributed by atoms with Gasteiger partial charge in [0.1, 0.15) is 0 Å². The molecule has 0 spiro atoms. The highest BCUT2D eigenvalue weighted by Crippen LogP contribution is 2.06. The Morgan fingerprint density at radius 1 is 0.467 bits per heavy atom. The Labute approximate surface area is 194 Å². The van der Waals surface area contributed by atoms with Crippen molar-refractivity contribution in [3.8, 4) is 0 Å². The van der Waals surface area contributed by atoms with Crippen LogP contribution in [0.5, 0.6) is 0 Å². The first kappa shape index (κ1) is 26.2. The van der Waals surface area contributed by atoms with E-state index in [-0.39, 0.29) is 24.8 Å². The number of halogens is 2. The van der Waals surface area contributed by atoms with E-state index in [2.05, 4.69) is 95.6 Å². The lowest BCUT2D eigenvalue weighted by molar-refractivity contribution is 0.641. The number of aryl methyl sites for hydroxylation is 2.